The Hall–Kier alpha value is -1.51. The SMILES string of the molecule is Cc1ccc(S(=O)(=O)NCC2(O)CCCC2)cc1[N+](=O)[O-]. The molecule has 1 saturated carbocycles. The highest BCUT2D eigenvalue weighted by Gasteiger charge is 2.32. The van der Waals surface area contributed by atoms with E-state index in [9.17, 15) is 23.6 Å². The Morgan fingerprint density at radius 3 is 2.57 bits per heavy atom. The maximum atomic E-state index is 12.2. The number of rotatable bonds is 5. The van der Waals surface area contributed by atoms with Gasteiger partial charge in [0.05, 0.1) is 15.4 Å². The molecule has 2 rings (SSSR count). The summed E-state index contributed by atoms with van der Waals surface area (Å²) in [5.74, 6) is 0. The fraction of sp³-hybridized carbons (Fsp3) is 0.538. The Kier molecular flexibility index (Phi) is 4.31. The Bertz CT molecular complexity index is 651. The van der Waals surface area contributed by atoms with Crippen LogP contribution in [-0.2, 0) is 10.0 Å². The van der Waals surface area contributed by atoms with Crippen LogP contribution >= 0.6 is 0 Å². The first-order valence-electron chi connectivity index (χ1n) is 6.71. The van der Waals surface area contributed by atoms with Crippen molar-refractivity contribution in [1.82, 2.24) is 4.72 Å². The zero-order chi connectivity index (χ0) is 15.7. The van der Waals surface area contributed by atoms with Crippen molar-refractivity contribution < 1.29 is 18.4 Å². The highest BCUT2D eigenvalue weighted by Crippen LogP contribution is 2.29. The molecule has 7 nitrogen and oxygen atoms in total. The van der Waals surface area contributed by atoms with Crippen molar-refractivity contribution in [2.45, 2.75) is 43.1 Å². The standard InChI is InChI=1S/C13H18N2O5S/c1-10-4-5-11(8-12(10)15(17)18)21(19,20)14-9-13(16)6-2-3-7-13/h4-5,8,14,16H,2-3,6-7,9H2,1H3. The molecule has 0 amide bonds. The number of nitro benzene ring substituents is 1. The molecule has 8 heteroatoms. The van der Waals surface area contributed by atoms with Gasteiger partial charge in [0.2, 0.25) is 10.0 Å². The number of hydrogen-bond donors (Lipinski definition) is 2. The first kappa shape index (κ1) is 15.9. The molecular formula is C13H18N2O5S. The lowest BCUT2D eigenvalue weighted by Crippen LogP contribution is -2.40. The van der Waals surface area contributed by atoms with Crippen LogP contribution in [0.1, 0.15) is 31.2 Å². The van der Waals surface area contributed by atoms with Crippen molar-refractivity contribution >= 4 is 15.7 Å². The first-order chi connectivity index (χ1) is 9.73. The van der Waals surface area contributed by atoms with Crippen LogP contribution in [0, 0.1) is 17.0 Å². The highest BCUT2D eigenvalue weighted by atomic mass is 32.2. The van der Waals surface area contributed by atoms with Gasteiger partial charge in [0.25, 0.3) is 5.69 Å². The van der Waals surface area contributed by atoms with E-state index in [4.69, 9.17) is 0 Å². The molecule has 0 saturated heterocycles. The second-order valence-electron chi connectivity index (χ2n) is 5.46. The Morgan fingerprint density at radius 2 is 2.00 bits per heavy atom. The Labute approximate surface area is 123 Å². The molecule has 0 radical (unpaired) electrons. The van der Waals surface area contributed by atoms with Gasteiger partial charge in [-0.2, -0.15) is 0 Å². The summed E-state index contributed by atoms with van der Waals surface area (Å²) >= 11 is 0. The van der Waals surface area contributed by atoms with Crippen LogP contribution in [0.15, 0.2) is 23.1 Å². The minimum atomic E-state index is -3.87. The van der Waals surface area contributed by atoms with Gasteiger partial charge in [-0.25, -0.2) is 13.1 Å². The van der Waals surface area contributed by atoms with E-state index in [1.807, 2.05) is 0 Å². The van der Waals surface area contributed by atoms with Crippen LogP contribution in [0.5, 0.6) is 0 Å². The molecule has 0 aromatic heterocycles. The van der Waals surface area contributed by atoms with Gasteiger partial charge in [0.15, 0.2) is 0 Å². The van der Waals surface area contributed by atoms with Crippen molar-refractivity contribution in [3.63, 3.8) is 0 Å². The van der Waals surface area contributed by atoms with Crippen molar-refractivity contribution in [2.24, 2.45) is 0 Å². The number of nitrogens with one attached hydrogen (secondary N) is 1. The molecule has 0 aliphatic heterocycles. The van der Waals surface area contributed by atoms with E-state index in [0.29, 0.717) is 18.4 Å². The van der Waals surface area contributed by atoms with Crippen molar-refractivity contribution in [3.05, 3.63) is 33.9 Å². The molecule has 0 unspecified atom stereocenters. The van der Waals surface area contributed by atoms with Gasteiger partial charge in [-0.15, -0.1) is 0 Å². The summed E-state index contributed by atoms with van der Waals surface area (Å²) in [7, 11) is -3.87. The van der Waals surface area contributed by atoms with Crippen molar-refractivity contribution in [1.29, 1.82) is 0 Å². The van der Waals surface area contributed by atoms with Gasteiger partial charge in [0.1, 0.15) is 0 Å². The predicted molar refractivity (Wildman–Crippen MR) is 76.4 cm³/mol. The molecule has 1 aromatic rings. The summed E-state index contributed by atoms with van der Waals surface area (Å²) in [5.41, 5.74) is -0.852. The smallest absolute Gasteiger partial charge is 0.273 e. The fourth-order valence-corrected chi connectivity index (χ4v) is 3.61. The largest absolute Gasteiger partial charge is 0.389 e. The number of nitro groups is 1. The lowest BCUT2D eigenvalue weighted by Gasteiger charge is -2.22. The average molecular weight is 314 g/mol. The Morgan fingerprint density at radius 1 is 1.38 bits per heavy atom. The van der Waals surface area contributed by atoms with E-state index < -0.39 is 20.5 Å². The summed E-state index contributed by atoms with van der Waals surface area (Å²) in [6, 6.07) is 3.76. The normalized spacial score (nSPS) is 17.8. The van der Waals surface area contributed by atoms with E-state index in [1.165, 1.54) is 12.1 Å². The van der Waals surface area contributed by atoms with Crippen molar-refractivity contribution in [2.75, 3.05) is 6.54 Å². The molecule has 0 heterocycles. The number of hydrogen-bond acceptors (Lipinski definition) is 5. The van der Waals surface area contributed by atoms with E-state index >= 15 is 0 Å². The fourth-order valence-electron chi connectivity index (χ4n) is 2.48. The number of aliphatic hydroxyl groups is 1. The van der Waals surface area contributed by atoms with Crippen LogP contribution in [0.3, 0.4) is 0 Å². The summed E-state index contributed by atoms with van der Waals surface area (Å²) in [5, 5.41) is 21.0. The summed E-state index contributed by atoms with van der Waals surface area (Å²) in [4.78, 5) is 10.1. The second kappa shape index (κ2) is 5.70. The molecule has 116 valence electrons. The first-order valence-corrected chi connectivity index (χ1v) is 8.19. The average Bonchev–Trinajstić information content (AvgIpc) is 2.84. The van der Waals surface area contributed by atoms with Gasteiger partial charge < -0.3 is 5.11 Å². The quantitative estimate of drug-likeness (QED) is 0.632. The van der Waals surface area contributed by atoms with Gasteiger partial charge in [-0.05, 0) is 25.8 Å². The molecule has 0 spiro atoms. The summed E-state index contributed by atoms with van der Waals surface area (Å²) in [6.07, 6.45) is 2.86. The molecule has 1 aromatic carbocycles. The van der Waals surface area contributed by atoms with E-state index in [1.54, 1.807) is 6.92 Å². The molecule has 0 atom stereocenters. The molecule has 0 bridgehead atoms. The Balaban J connectivity index is 2.19. The highest BCUT2D eigenvalue weighted by molar-refractivity contribution is 7.89. The number of nitrogens with zero attached hydrogens (tertiary/aromatic N) is 1. The lowest BCUT2D eigenvalue weighted by atomic mass is 10.0. The predicted octanol–water partition coefficient (Wildman–Crippen LogP) is 1.49. The molecule has 21 heavy (non-hydrogen) atoms. The molecule has 1 aliphatic rings. The van der Waals surface area contributed by atoms with E-state index in [2.05, 4.69) is 4.72 Å². The third-order valence-electron chi connectivity index (χ3n) is 3.81. The molecule has 2 N–H and O–H groups in total. The lowest BCUT2D eigenvalue weighted by molar-refractivity contribution is -0.385. The van der Waals surface area contributed by atoms with E-state index in [-0.39, 0.29) is 17.1 Å². The van der Waals surface area contributed by atoms with Gasteiger partial charge in [-0.3, -0.25) is 10.1 Å². The van der Waals surface area contributed by atoms with Gasteiger partial charge >= 0.3 is 0 Å². The third-order valence-corrected chi connectivity index (χ3v) is 5.21. The zero-order valence-electron chi connectivity index (χ0n) is 11.7. The van der Waals surface area contributed by atoms with Crippen LogP contribution in [-0.4, -0.2) is 30.6 Å². The van der Waals surface area contributed by atoms with Crippen LogP contribution in [0.25, 0.3) is 0 Å². The molecular weight excluding hydrogens is 296 g/mol. The maximum absolute atomic E-state index is 12.2. The summed E-state index contributed by atoms with van der Waals surface area (Å²) < 4.78 is 26.7. The molecule has 1 aliphatic carbocycles. The topological polar surface area (TPSA) is 110 Å². The number of benzene rings is 1. The van der Waals surface area contributed by atoms with Gasteiger partial charge in [0, 0.05) is 18.2 Å². The van der Waals surface area contributed by atoms with Crippen molar-refractivity contribution in [3.8, 4) is 0 Å². The maximum Gasteiger partial charge on any atom is 0.273 e. The number of sulfonamides is 1. The monoisotopic (exact) mass is 314 g/mol. The minimum absolute atomic E-state index is 0.0724. The van der Waals surface area contributed by atoms with E-state index in [0.717, 1.165) is 18.9 Å². The van der Waals surface area contributed by atoms with Crippen LogP contribution in [0.2, 0.25) is 0 Å². The number of aryl methyl sites for hydroxylation is 1. The minimum Gasteiger partial charge on any atom is -0.389 e. The zero-order valence-corrected chi connectivity index (χ0v) is 12.5. The second-order valence-corrected chi connectivity index (χ2v) is 7.23. The van der Waals surface area contributed by atoms with Gasteiger partial charge in [-0.1, -0.05) is 18.9 Å². The van der Waals surface area contributed by atoms with Crippen LogP contribution < -0.4 is 4.72 Å². The third kappa shape index (κ3) is 3.58. The van der Waals surface area contributed by atoms with Crippen LogP contribution in [0.4, 0.5) is 5.69 Å². The summed E-state index contributed by atoms with van der Waals surface area (Å²) in [6.45, 7) is 1.47. The molecule has 1 fully saturated rings.